The molecule has 0 atom stereocenters. The van der Waals surface area contributed by atoms with Crippen molar-refractivity contribution in [1.82, 2.24) is 0 Å². The van der Waals surface area contributed by atoms with Crippen LogP contribution in [0.25, 0.3) is 66.4 Å². The van der Waals surface area contributed by atoms with Crippen molar-refractivity contribution in [3.63, 3.8) is 0 Å². The Balaban J connectivity index is 0.972. The quantitative estimate of drug-likeness (QED) is 0.162. The molecule has 1 aromatic heterocycles. The first-order valence-corrected chi connectivity index (χ1v) is 20.0. The zero-order chi connectivity index (χ0) is 38.6. The molecule has 0 N–H and O–H groups in total. The van der Waals surface area contributed by atoms with E-state index in [1.54, 1.807) is 0 Å². The Bertz CT molecular complexity index is 2960. The summed E-state index contributed by atoms with van der Waals surface area (Å²) in [7, 11) is 0. The predicted octanol–water partition coefficient (Wildman–Crippen LogP) is 15.4. The third-order valence-corrected chi connectivity index (χ3v) is 12.2. The van der Waals surface area contributed by atoms with Crippen LogP contribution in [0.3, 0.4) is 0 Å². The van der Waals surface area contributed by atoms with Gasteiger partial charge in [-0.15, -0.1) is 0 Å². The summed E-state index contributed by atoms with van der Waals surface area (Å²) in [4.78, 5) is 2.33. The minimum Gasteiger partial charge on any atom is -0.455 e. The Morgan fingerprint density at radius 2 is 0.810 bits per heavy atom. The minimum atomic E-state index is -0.283. The molecule has 2 heteroatoms. The Labute approximate surface area is 338 Å². The summed E-state index contributed by atoms with van der Waals surface area (Å²) in [5.74, 6) is 0. The Morgan fingerprint density at radius 1 is 0.362 bits per heavy atom. The zero-order valence-corrected chi connectivity index (χ0v) is 32.1. The van der Waals surface area contributed by atoms with Crippen molar-refractivity contribution in [2.75, 3.05) is 4.90 Å². The zero-order valence-electron chi connectivity index (χ0n) is 32.1. The molecule has 2 nitrogen and oxygen atoms in total. The molecule has 0 unspecified atom stereocenters. The summed E-state index contributed by atoms with van der Waals surface area (Å²) in [5, 5.41) is 2.25. The molecule has 0 amide bonds. The fraction of sp³-hybridized carbons (Fsp3) is 0.0357. The first kappa shape index (κ1) is 33.9. The molecular weight excluding hydrogens is 703 g/mol. The van der Waals surface area contributed by atoms with Crippen LogP contribution in [0.15, 0.2) is 223 Å². The van der Waals surface area contributed by atoms with Gasteiger partial charge in [-0.25, -0.2) is 0 Å². The van der Waals surface area contributed by atoms with Gasteiger partial charge in [0.2, 0.25) is 0 Å². The van der Waals surface area contributed by atoms with Crippen LogP contribution in [0, 0.1) is 0 Å². The number of fused-ring (bicyclic) bond motifs is 6. The van der Waals surface area contributed by atoms with E-state index in [2.05, 4.69) is 230 Å². The highest BCUT2D eigenvalue weighted by atomic mass is 16.3. The molecule has 1 heterocycles. The first-order chi connectivity index (χ1) is 28.6. The van der Waals surface area contributed by atoms with Crippen molar-refractivity contribution in [3.05, 3.63) is 235 Å². The lowest BCUT2D eigenvalue weighted by atomic mass is 9.74. The van der Waals surface area contributed by atoms with E-state index < -0.39 is 0 Å². The van der Waals surface area contributed by atoms with Crippen LogP contribution in [-0.4, -0.2) is 0 Å². The molecule has 0 saturated carbocycles. The van der Waals surface area contributed by atoms with Crippen molar-refractivity contribution in [2.24, 2.45) is 0 Å². The molecule has 11 rings (SSSR count). The molecule has 0 radical (unpaired) electrons. The van der Waals surface area contributed by atoms with Crippen LogP contribution >= 0.6 is 0 Å². The number of hydrogen-bond donors (Lipinski definition) is 0. The number of para-hydroxylation sites is 1. The molecule has 0 saturated heterocycles. The predicted molar refractivity (Wildman–Crippen MR) is 242 cm³/mol. The SMILES string of the molecule is CC1(c2ccc3c(c2)oc2c(-c4ccc(N(c5ccc(-c6ccccc6)cc5)c5ccc(-c6ccccc6)cc5)cc4)cccc23)c2ccccc2-c2ccccc21. The van der Waals surface area contributed by atoms with E-state index in [0.29, 0.717) is 0 Å². The smallest absolute Gasteiger partial charge is 0.143 e. The van der Waals surface area contributed by atoms with E-state index in [-0.39, 0.29) is 5.41 Å². The number of nitrogens with zero attached hydrogens (tertiary/aromatic N) is 1. The highest BCUT2D eigenvalue weighted by Crippen LogP contribution is 2.53. The average Bonchev–Trinajstić information content (AvgIpc) is 3.81. The number of anilines is 3. The van der Waals surface area contributed by atoms with Crippen molar-refractivity contribution in [3.8, 4) is 44.5 Å². The van der Waals surface area contributed by atoms with Crippen LogP contribution in [-0.2, 0) is 5.41 Å². The first-order valence-electron chi connectivity index (χ1n) is 20.0. The lowest BCUT2D eigenvalue weighted by Gasteiger charge is -2.28. The van der Waals surface area contributed by atoms with Gasteiger partial charge in [0, 0.05) is 38.8 Å². The van der Waals surface area contributed by atoms with Gasteiger partial charge in [-0.2, -0.15) is 0 Å². The van der Waals surface area contributed by atoms with Gasteiger partial charge in [0.1, 0.15) is 11.2 Å². The Kier molecular flexibility index (Phi) is 7.97. The van der Waals surface area contributed by atoms with E-state index in [1.807, 2.05) is 0 Å². The van der Waals surface area contributed by atoms with Crippen molar-refractivity contribution >= 4 is 39.0 Å². The van der Waals surface area contributed by atoms with Gasteiger partial charge in [-0.1, -0.05) is 176 Å². The van der Waals surface area contributed by atoms with Gasteiger partial charge in [0.05, 0.1) is 0 Å². The summed E-state index contributed by atoms with van der Waals surface area (Å²) in [6, 6.07) is 78.7. The fourth-order valence-corrected chi connectivity index (χ4v) is 9.21. The van der Waals surface area contributed by atoms with Gasteiger partial charge in [0.15, 0.2) is 0 Å². The molecule has 274 valence electrons. The van der Waals surface area contributed by atoms with E-state index in [0.717, 1.165) is 50.1 Å². The van der Waals surface area contributed by atoms with E-state index in [4.69, 9.17) is 4.42 Å². The topological polar surface area (TPSA) is 16.4 Å². The second-order valence-electron chi connectivity index (χ2n) is 15.4. The van der Waals surface area contributed by atoms with Crippen LogP contribution in [0.5, 0.6) is 0 Å². The van der Waals surface area contributed by atoms with E-state index >= 15 is 0 Å². The number of rotatable bonds is 7. The molecule has 1 aliphatic rings. The van der Waals surface area contributed by atoms with Gasteiger partial charge < -0.3 is 9.32 Å². The third-order valence-electron chi connectivity index (χ3n) is 12.2. The van der Waals surface area contributed by atoms with Crippen LogP contribution in [0.2, 0.25) is 0 Å². The van der Waals surface area contributed by atoms with Crippen molar-refractivity contribution < 1.29 is 4.42 Å². The molecule has 10 aromatic rings. The van der Waals surface area contributed by atoms with Crippen LogP contribution in [0.1, 0.15) is 23.6 Å². The molecule has 0 bridgehead atoms. The summed E-state index contributed by atoms with van der Waals surface area (Å²) >= 11 is 0. The third kappa shape index (κ3) is 5.49. The summed E-state index contributed by atoms with van der Waals surface area (Å²) in [5.41, 5.74) is 18.3. The number of furan rings is 1. The molecule has 1 aliphatic carbocycles. The van der Waals surface area contributed by atoms with Crippen LogP contribution < -0.4 is 4.90 Å². The minimum absolute atomic E-state index is 0.283. The Hall–Kier alpha value is -7.42. The largest absolute Gasteiger partial charge is 0.455 e. The summed E-state index contributed by atoms with van der Waals surface area (Å²) in [6.07, 6.45) is 0. The standard InChI is InChI=1S/C56H39NO/c1-56(52-21-10-8-17-48(52)49-18-9-11-22-53(49)56)43-29-36-50-51-20-12-19-47(55(51)58-54(50)37-43)42-27-34-46(35-28-42)57(44-30-23-40(24-31-44)38-13-4-2-5-14-38)45-32-25-41(26-33-45)39-15-6-3-7-16-39/h2-37H,1H3. The highest BCUT2D eigenvalue weighted by molar-refractivity contribution is 6.10. The van der Waals surface area contributed by atoms with Gasteiger partial charge in [-0.3, -0.25) is 0 Å². The van der Waals surface area contributed by atoms with Crippen molar-refractivity contribution in [2.45, 2.75) is 12.3 Å². The van der Waals surface area contributed by atoms with Crippen LogP contribution in [0.4, 0.5) is 17.1 Å². The normalized spacial score (nSPS) is 12.7. The molecular formula is C56H39NO. The van der Waals surface area contributed by atoms with E-state index in [9.17, 15) is 0 Å². The Morgan fingerprint density at radius 3 is 1.34 bits per heavy atom. The van der Waals surface area contributed by atoms with Gasteiger partial charge in [-0.05, 0) is 105 Å². The molecule has 9 aromatic carbocycles. The number of benzene rings is 9. The maximum Gasteiger partial charge on any atom is 0.143 e. The summed E-state index contributed by atoms with van der Waals surface area (Å²) in [6.45, 7) is 2.35. The second-order valence-corrected chi connectivity index (χ2v) is 15.4. The molecule has 0 fully saturated rings. The lowest BCUT2D eigenvalue weighted by Crippen LogP contribution is -2.22. The molecule has 58 heavy (non-hydrogen) atoms. The van der Waals surface area contributed by atoms with Crippen molar-refractivity contribution in [1.29, 1.82) is 0 Å². The van der Waals surface area contributed by atoms with Gasteiger partial charge >= 0.3 is 0 Å². The van der Waals surface area contributed by atoms with E-state index in [1.165, 1.54) is 50.1 Å². The lowest BCUT2D eigenvalue weighted by molar-refractivity contribution is 0.663. The maximum atomic E-state index is 6.86. The molecule has 0 aliphatic heterocycles. The fourth-order valence-electron chi connectivity index (χ4n) is 9.21. The number of hydrogen-bond acceptors (Lipinski definition) is 2. The second kappa shape index (κ2) is 13.7. The highest BCUT2D eigenvalue weighted by Gasteiger charge is 2.40. The van der Waals surface area contributed by atoms with Gasteiger partial charge in [0.25, 0.3) is 0 Å². The molecule has 0 spiro atoms. The maximum absolute atomic E-state index is 6.86. The monoisotopic (exact) mass is 741 g/mol. The average molecular weight is 742 g/mol. The summed E-state index contributed by atoms with van der Waals surface area (Å²) < 4.78 is 6.86.